The van der Waals surface area contributed by atoms with Crippen molar-refractivity contribution in [3.63, 3.8) is 0 Å². The molecule has 0 unspecified atom stereocenters. The van der Waals surface area contributed by atoms with Crippen molar-refractivity contribution in [2.45, 2.75) is 13.3 Å². The van der Waals surface area contributed by atoms with Crippen LogP contribution in [0.15, 0.2) is 16.7 Å². The van der Waals surface area contributed by atoms with Crippen molar-refractivity contribution in [2.24, 2.45) is 7.05 Å². The Labute approximate surface area is 105 Å². The summed E-state index contributed by atoms with van der Waals surface area (Å²) >= 11 is 3.34. The standard InChI is InChI=1S/C11H18BrN3O/c1-3-4-13-5-6-14-11(16)10-7-9(12)8-15(10)2/h7-8,13H,3-6H2,1-2H3,(H,14,16). The van der Waals surface area contributed by atoms with E-state index in [0.29, 0.717) is 12.2 Å². The van der Waals surface area contributed by atoms with Crippen LogP contribution in [0.3, 0.4) is 0 Å². The monoisotopic (exact) mass is 287 g/mol. The Bertz CT molecular complexity index is 349. The Hall–Kier alpha value is -0.810. The van der Waals surface area contributed by atoms with Crippen LogP contribution in [0, 0.1) is 0 Å². The van der Waals surface area contributed by atoms with Gasteiger partial charge in [0.25, 0.3) is 5.91 Å². The second-order valence-corrected chi connectivity index (χ2v) is 4.58. The molecule has 0 spiro atoms. The maximum Gasteiger partial charge on any atom is 0.267 e. The van der Waals surface area contributed by atoms with Crippen LogP contribution in [-0.4, -0.2) is 30.1 Å². The van der Waals surface area contributed by atoms with E-state index in [-0.39, 0.29) is 5.91 Å². The van der Waals surface area contributed by atoms with Crippen molar-refractivity contribution in [3.8, 4) is 0 Å². The predicted molar refractivity (Wildman–Crippen MR) is 68.6 cm³/mol. The molecular weight excluding hydrogens is 270 g/mol. The molecule has 0 fully saturated rings. The van der Waals surface area contributed by atoms with Crippen LogP contribution in [0.5, 0.6) is 0 Å². The highest BCUT2D eigenvalue weighted by atomic mass is 79.9. The van der Waals surface area contributed by atoms with Crippen LogP contribution in [-0.2, 0) is 7.05 Å². The molecule has 2 N–H and O–H groups in total. The van der Waals surface area contributed by atoms with Gasteiger partial charge in [-0.2, -0.15) is 0 Å². The lowest BCUT2D eigenvalue weighted by Crippen LogP contribution is -2.32. The summed E-state index contributed by atoms with van der Waals surface area (Å²) in [5, 5.41) is 6.10. The van der Waals surface area contributed by atoms with E-state index in [2.05, 4.69) is 33.5 Å². The molecule has 1 heterocycles. The first-order chi connectivity index (χ1) is 7.65. The van der Waals surface area contributed by atoms with Crippen LogP contribution in [0.2, 0.25) is 0 Å². The third-order valence-electron chi connectivity index (χ3n) is 2.22. The third-order valence-corrected chi connectivity index (χ3v) is 2.65. The Kier molecular flexibility index (Phi) is 5.55. The number of hydrogen-bond donors (Lipinski definition) is 2. The van der Waals surface area contributed by atoms with Gasteiger partial charge in [-0.05, 0) is 35.0 Å². The number of rotatable bonds is 6. The molecule has 0 aliphatic rings. The molecule has 1 aromatic rings. The Morgan fingerprint density at radius 1 is 1.44 bits per heavy atom. The van der Waals surface area contributed by atoms with Crippen molar-refractivity contribution in [1.29, 1.82) is 0 Å². The number of nitrogens with zero attached hydrogens (tertiary/aromatic N) is 1. The molecule has 0 aliphatic carbocycles. The van der Waals surface area contributed by atoms with Gasteiger partial charge in [0.05, 0.1) is 0 Å². The molecule has 0 atom stereocenters. The van der Waals surface area contributed by atoms with Crippen LogP contribution in [0.1, 0.15) is 23.8 Å². The number of halogens is 1. The fourth-order valence-corrected chi connectivity index (χ4v) is 1.93. The SMILES string of the molecule is CCCNCCNC(=O)c1cc(Br)cn1C. The second kappa shape index (κ2) is 6.70. The largest absolute Gasteiger partial charge is 0.349 e. The minimum atomic E-state index is -0.0356. The molecule has 0 radical (unpaired) electrons. The summed E-state index contributed by atoms with van der Waals surface area (Å²) in [6, 6.07) is 1.81. The Balaban J connectivity index is 2.33. The van der Waals surface area contributed by atoms with Crippen molar-refractivity contribution >= 4 is 21.8 Å². The van der Waals surface area contributed by atoms with Crippen molar-refractivity contribution in [2.75, 3.05) is 19.6 Å². The highest BCUT2D eigenvalue weighted by molar-refractivity contribution is 9.10. The number of amides is 1. The zero-order chi connectivity index (χ0) is 12.0. The molecular formula is C11H18BrN3O. The average molecular weight is 288 g/mol. The summed E-state index contributed by atoms with van der Waals surface area (Å²) in [5.74, 6) is -0.0356. The van der Waals surface area contributed by atoms with E-state index >= 15 is 0 Å². The molecule has 0 saturated carbocycles. The zero-order valence-electron chi connectivity index (χ0n) is 9.72. The molecule has 5 heteroatoms. The number of nitrogens with one attached hydrogen (secondary N) is 2. The first-order valence-corrected chi connectivity index (χ1v) is 6.25. The van der Waals surface area contributed by atoms with Crippen LogP contribution >= 0.6 is 15.9 Å². The summed E-state index contributed by atoms with van der Waals surface area (Å²) < 4.78 is 2.73. The fourth-order valence-electron chi connectivity index (χ4n) is 1.41. The molecule has 90 valence electrons. The number of hydrogen-bond acceptors (Lipinski definition) is 2. The lowest BCUT2D eigenvalue weighted by molar-refractivity contribution is 0.0946. The topological polar surface area (TPSA) is 46.1 Å². The maximum atomic E-state index is 11.7. The van der Waals surface area contributed by atoms with E-state index in [1.54, 1.807) is 4.57 Å². The van der Waals surface area contributed by atoms with Crippen molar-refractivity contribution in [1.82, 2.24) is 15.2 Å². The number of carbonyl (C=O) groups is 1. The second-order valence-electron chi connectivity index (χ2n) is 3.66. The molecule has 4 nitrogen and oxygen atoms in total. The highest BCUT2D eigenvalue weighted by Crippen LogP contribution is 2.13. The molecule has 1 rings (SSSR count). The lowest BCUT2D eigenvalue weighted by atomic mass is 10.4. The minimum Gasteiger partial charge on any atom is -0.349 e. The van der Waals surface area contributed by atoms with Crippen molar-refractivity contribution < 1.29 is 4.79 Å². The van der Waals surface area contributed by atoms with Gasteiger partial charge < -0.3 is 15.2 Å². The molecule has 1 amide bonds. The number of aromatic nitrogens is 1. The highest BCUT2D eigenvalue weighted by Gasteiger charge is 2.09. The van der Waals surface area contributed by atoms with E-state index < -0.39 is 0 Å². The number of carbonyl (C=O) groups excluding carboxylic acids is 1. The normalized spacial score (nSPS) is 10.4. The van der Waals surface area contributed by atoms with E-state index in [0.717, 1.165) is 24.0 Å². The fraction of sp³-hybridized carbons (Fsp3) is 0.545. The predicted octanol–water partition coefficient (Wildman–Crippen LogP) is 1.52. The van der Waals surface area contributed by atoms with Crippen molar-refractivity contribution in [3.05, 3.63) is 22.4 Å². The smallest absolute Gasteiger partial charge is 0.267 e. The van der Waals surface area contributed by atoms with Gasteiger partial charge in [-0.3, -0.25) is 4.79 Å². The minimum absolute atomic E-state index is 0.0356. The summed E-state index contributed by atoms with van der Waals surface area (Å²) in [5.41, 5.74) is 0.669. The Morgan fingerprint density at radius 2 is 2.19 bits per heavy atom. The maximum absolute atomic E-state index is 11.7. The zero-order valence-corrected chi connectivity index (χ0v) is 11.3. The van der Waals surface area contributed by atoms with Crippen LogP contribution in [0.25, 0.3) is 0 Å². The summed E-state index contributed by atoms with van der Waals surface area (Å²) in [7, 11) is 1.86. The van der Waals surface area contributed by atoms with E-state index in [1.165, 1.54) is 0 Å². The first-order valence-electron chi connectivity index (χ1n) is 5.46. The lowest BCUT2D eigenvalue weighted by Gasteiger charge is -2.06. The van der Waals surface area contributed by atoms with Crippen LogP contribution in [0.4, 0.5) is 0 Å². The van der Waals surface area contributed by atoms with Gasteiger partial charge in [0, 0.05) is 30.8 Å². The van der Waals surface area contributed by atoms with Gasteiger partial charge in [-0.1, -0.05) is 6.92 Å². The Morgan fingerprint density at radius 3 is 2.75 bits per heavy atom. The summed E-state index contributed by atoms with van der Waals surface area (Å²) in [6.45, 7) is 4.57. The average Bonchev–Trinajstić information content (AvgIpc) is 2.57. The summed E-state index contributed by atoms with van der Waals surface area (Å²) in [4.78, 5) is 11.7. The van der Waals surface area contributed by atoms with Gasteiger partial charge in [0.15, 0.2) is 0 Å². The van der Waals surface area contributed by atoms with Gasteiger partial charge in [-0.25, -0.2) is 0 Å². The molecule has 0 saturated heterocycles. The van der Waals surface area contributed by atoms with E-state index in [1.807, 2.05) is 19.3 Å². The number of aryl methyl sites for hydroxylation is 1. The third kappa shape index (κ3) is 3.98. The van der Waals surface area contributed by atoms with Gasteiger partial charge in [-0.15, -0.1) is 0 Å². The summed E-state index contributed by atoms with van der Waals surface area (Å²) in [6.07, 6.45) is 2.98. The molecule has 1 aromatic heterocycles. The molecule has 16 heavy (non-hydrogen) atoms. The van der Waals surface area contributed by atoms with Gasteiger partial charge >= 0.3 is 0 Å². The van der Waals surface area contributed by atoms with E-state index in [4.69, 9.17) is 0 Å². The van der Waals surface area contributed by atoms with Gasteiger partial charge in [0.2, 0.25) is 0 Å². The van der Waals surface area contributed by atoms with Crippen LogP contribution < -0.4 is 10.6 Å². The molecule has 0 bridgehead atoms. The van der Waals surface area contributed by atoms with E-state index in [9.17, 15) is 4.79 Å². The molecule has 0 aliphatic heterocycles. The molecule has 0 aromatic carbocycles. The quantitative estimate of drug-likeness (QED) is 0.780. The first kappa shape index (κ1) is 13.3. The van der Waals surface area contributed by atoms with Gasteiger partial charge in [0.1, 0.15) is 5.69 Å².